The lowest BCUT2D eigenvalue weighted by Gasteiger charge is -2.12. The van der Waals surface area contributed by atoms with Crippen LogP contribution < -0.4 is 10.9 Å². The molecule has 0 fully saturated rings. The van der Waals surface area contributed by atoms with Crippen LogP contribution in [0, 0.1) is 0 Å². The first-order valence-electron chi connectivity index (χ1n) is 8.93. The maximum absolute atomic E-state index is 12.1. The quantitative estimate of drug-likeness (QED) is 0.688. The Hall–Kier alpha value is -2.95. The van der Waals surface area contributed by atoms with Crippen molar-refractivity contribution in [1.29, 1.82) is 0 Å². The van der Waals surface area contributed by atoms with Gasteiger partial charge in [0.2, 0.25) is 5.91 Å². The molecule has 0 spiro atoms. The standard InChI is InChI=1S/C21H23N3O2/c1-15(16-7-3-2-4-8-16)13-14-22-20(25)12-11-19-23-18-10-6-5-9-17(18)21(26)24-19/h2-10,15H,11-14H2,1H3,(H,22,25)(H,23,24,26)/t15-/m0/s1. The highest BCUT2D eigenvalue weighted by Gasteiger charge is 2.08. The first kappa shape index (κ1) is 17.9. The van der Waals surface area contributed by atoms with Gasteiger partial charge in [0, 0.05) is 19.4 Å². The fourth-order valence-electron chi connectivity index (χ4n) is 2.95. The molecule has 1 atom stereocenters. The number of para-hydroxylation sites is 1. The van der Waals surface area contributed by atoms with Gasteiger partial charge in [0.15, 0.2) is 0 Å². The van der Waals surface area contributed by atoms with E-state index in [2.05, 4.69) is 34.3 Å². The first-order chi connectivity index (χ1) is 12.6. The van der Waals surface area contributed by atoms with Gasteiger partial charge in [-0.1, -0.05) is 49.4 Å². The van der Waals surface area contributed by atoms with Gasteiger partial charge in [0.05, 0.1) is 10.9 Å². The van der Waals surface area contributed by atoms with Crippen molar-refractivity contribution in [2.75, 3.05) is 6.54 Å². The summed E-state index contributed by atoms with van der Waals surface area (Å²) in [5.41, 5.74) is 1.77. The van der Waals surface area contributed by atoms with Gasteiger partial charge in [0.25, 0.3) is 5.56 Å². The lowest BCUT2D eigenvalue weighted by atomic mass is 9.98. The van der Waals surface area contributed by atoms with Crippen LogP contribution >= 0.6 is 0 Å². The number of aromatic nitrogens is 2. The molecule has 2 aromatic carbocycles. The summed E-state index contributed by atoms with van der Waals surface area (Å²) in [6.07, 6.45) is 1.61. The molecule has 0 bridgehead atoms. The summed E-state index contributed by atoms with van der Waals surface area (Å²) in [5, 5.41) is 3.51. The summed E-state index contributed by atoms with van der Waals surface area (Å²) in [6.45, 7) is 2.79. The van der Waals surface area contributed by atoms with Gasteiger partial charge in [-0.2, -0.15) is 0 Å². The third-order valence-electron chi connectivity index (χ3n) is 4.52. The molecule has 26 heavy (non-hydrogen) atoms. The van der Waals surface area contributed by atoms with E-state index >= 15 is 0 Å². The lowest BCUT2D eigenvalue weighted by molar-refractivity contribution is -0.121. The van der Waals surface area contributed by atoms with E-state index in [-0.39, 0.29) is 11.5 Å². The van der Waals surface area contributed by atoms with Crippen molar-refractivity contribution in [2.45, 2.75) is 32.1 Å². The molecule has 1 heterocycles. The van der Waals surface area contributed by atoms with Crippen molar-refractivity contribution in [2.24, 2.45) is 0 Å². The number of aromatic amines is 1. The zero-order valence-corrected chi connectivity index (χ0v) is 14.9. The average molecular weight is 349 g/mol. The number of nitrogens with zero attached hydrogens (tertiary/aromatic N) is 1. The van der Waals surface area contributed by atoms with E-state index in [0.29, 0.717) is 42.0 Å². The van der Waals surface area contributed by atoms with E-state index in [0.717, 1.165) is 6.42 Å². The molecule has 0 aliphatic heterocycles. The predicted octanol–water partition coefficient (Wildman–Crippen LogP) is 3.17. The van der Waals surface area contributed by atoms with Gasteiger partial charge in [-0.25, -0.2) is 4.98 Å². The number of H-pyrrole nitrogens is 1. The summed E-state index contributed by atoms with van der Waals surface area (Å²) in [5.74, 6) is 0.914. The fourth-order valence-corrected chi connectivity index (χ4v) is 2.95. The zero-order chi connectivity index (χ0) is 18.4. The van der Waals surface area contributed by atoms with E-state index in [1.165, 1.54) is 5.56 Å². The van der Waals surface area contributed by atoms with Crippen LogP contribution in [0.15, 0.2) is 59.4 Å². The maximum Gasteiger partial charge on any atom is 0.258 e. The summed E-state index contributed by atoms with van der Waals surface area (Å²) in [7, 11) is 0. The predicted molar refractivity (Wildman–Crippen MR) is 103 cm³/mol. The van der Waals surface area contributed by atoms with Gasteiger partial charge < -0.3 is 10.3 Å². The number of carbonyl (C=O) groups excluding carboxylic acids is 1. The van der Waals surface area contributed by atoms with Gasteiger partial charge >= 0.3 is 0 Å². The number of fused-ring (bicyclic) bond motifs is 1. The Morgan fingerprint density at radius 2 is 1.85 bits per heavy atom. The van der Waals surface area contributed by atoms with Crippen LogP contribution in [0.4, 0.5) is 0 Å². The van der Waals surface area contributed by atoms with Crippen LogP contribution in [-0.4, -0.2) is 22.4 Å². The normalized spacial score (nSPS) is 12.0. The summed E-state index contributed by atoms with van der Waals surface area (Å²) in [4.78, 5) is 31.3. The Morgan fingerprint density at radius 3 is 2.65 bits per heavy atom. The molecule has 3 rings (SSSR count). The van der Waals surface area contributed by atoms with Crippen molar-refractivity contribution in [3.63, 3.8) is 0 Å². The van der Waals surface area contributed by atoms with Crippen LogP contribution in [0.3, 0.4) is 0 Å². The summed E-state index contributed by atoms with van der Waals surface area (Å²) in [6, 6.07) is 17.5. The fraction of sp³-hybridized carbons (Fsp3) is 0.286. The average Bonchev–Trinajstić information content (AvgIpc) is 2.67. The van der Waals surface area contributed by atoms with Crippen molar-refractivity contribution in [3.8, 4) is 0 Å². The molecule has 0 aliphatic carbocycles. The molecular formula is C21H23N3O2. The minimum absolute atomic E-state index is 0.0268. The number of rotatable bonds is 7. The minimum atomic E-state index is -0.164. The Labute approximate surface area is 152 Å². The number of amides is 1. The Kier molecular flexibility index (Phi) is 5.79. The second-order valence-electron chi connectivity index (χ2n) is 6.48. The summed E-state index contributed by atoms with van der Waals surface area (Å²) < 4.78 is 0. The van der Waals surface area contributed by atoms with Crippen LogP contribution in [0.2, 0.25) is 0 Å². The number of hydrogen-bond donors (Lipinski definition) is 2. The summed E-state index contributed by atoms with van der Waals surface area (Å²) >= 11 is 0. The number of benzene rings is 2. The van der Waals surface area contributed by atoms with Crippen LogP contribution in [0.25, 0.3) is 10.9 Å². The molecule has 3 aromatic rings. The van der Waals surface area contributed by atoms with Gasteiger partial charge in [-0.3, -0.25) is 9.59 Å². The number of carbonyl (C=O) groups is 1. The second kappa shape index (κ2) is 8.43. The molecular weight excluding hydrogens is 326 g/mol. The third-order valence-corrected chi connectivity index (χ3v) is 4.52. The highest BCUT2D eigenvalue weighted by molar-refractivity contribution is 5.78. The topological polar surface area (TPSA) is 74.8 Å². The molecule has 1 aromatic heterocycles. The number of nitrogens with one attached hydrogen (secondary N) is 2. The molecule has 5 heteroatoms. The molecule has 1 amide bonds. The van der Waals surface area contributed by atoms with Crippen LogP contribution in [-0.2, 0) is 11.2 Å². The molecule has 0 saturated heterocycles. The number of aryl methyl sites for hydroxylation is 1. The monoisotopic (exact) mass is 349 g/mol. The van der Waals surface area contributed by atoms with E-state index in [4.69, 9.17) is 0 Å². The maximum atomic E-state index is 12.1. The van der Waals surface area contributed by atoms with Crippen LogP contribution in [0.5, 0.6) is 0 Å². The first-order valence-corrected chi connectivity index (χ1v) is 8.93. The number of hydrogen-bond acceptors (Lipinski definition) is 3. The molecule has 0 unspecified atom stereocenters. The third kappa shape index (κ3) is 4.57. The highest BCUT2D eigenvalue weighted by Crippen LogP contribution is 2.17. The van der Waals surface area contributed by atoms with Crippen molar-refractivity contribution in [3.05, 3.63) is 76.3 Å². The Balaban J connectivity index is 1.48. The molecule has 5 nitrogen and oxygen atoms in total. The molecule has 134 valence electrons. The SMILES string of the molecule is C[C@@H](CCNC(=O)CCc1nc2ccccc2c(=O)[nH]1)c1ccccc1. The molecule has 0 radical (unpaired) electrons. The van der Waals surface area contributed by atoms with Crippen molar-refractivity contribution >= 4 is 16.8 Å². The molecule has 2 N–H and O–H groups in total. The zero-order valence-electron chi connectivity index (χ0n) is 14.9. The van der Waals surface area contributed by atoms with Gasteiger partial charge in [-0.15, -0.1) is 0 Å². The highest BCUT2D eigenvalue weighted by atomic mass is 16.1. The lowest BCUT2D eigenvalue weighted by Crippen LogP contribution is -2.26. The van der Waals surface area contributed by atoms with Gasteiger partial charge in [0.1, 0.15) is 5.82 Å². The van der Waals surface area contributed by atoms with Crippen molar-refractivity contribution < 1.29 is 4.79 Å². The van der Waals surface area contributed by atoms with E-state index in [1.54, 1.807) is 12.1 Å². The Bertz CT molecular complexity index is 935. The largest absolute Gasteiger partial charge is 0.356 e. The molecule has 0 aliphatic rings. The minimum Gasteiger partial charge on any atom is -0.356 e. The second-order valence-corrected chi connectivity index (χ2v) is 6.48. The Morgan fingerprint density at radius 1 is 1.12 bits per heavy atom. The van der Waals surface area contributed by atoms with Crippen molar-refractivity contribution in [1.82, 2.24) is 15.3 Å². The van der Waals surface area contributed by atoms with Gasteiger partial charge in [-0.05, 0) is 30.0 Å². The smallest absolute Gasteiger partial charge is 0.258 e. The van der Waals surface area contributed by atoms with E-state index < -0.39 is 0 Å². The van der Waals surface area contributed by atoms with Crippen LogP contribution in [0.1, 0.15) is 37.1 Å². The van der Waals surface area contributed by atoms with E-state index in [1.807, 2.05) is 30.3 Å². The molecule has 0 saturated carbocycles. The van der Waals surface area contributed by atoms with E-state index in [9.17, 15) is 9.59 Å².